The Bertz CT molecular complexity index is 474. The maximum Gasteiger partial charge on any atom is 0.387 e. The molecule has 90 valence electrons. The topological polar surface area (TPSA) is 69.4 Å². The predicted octanol–water partition coefficient (Wildman–Crippen LogP) is 1.41. The van der Waals surface area contributed by atoms with Crippen LogP contribution in [0.15, 0.2) is 18.2 Å². The van der Waals surface area contributed by atoms with Gasteiger partial charge in [-0.25, -0.2) is 8.42 Å². The molecule has 0 heterocycles. The van der Waals surface area contributed by atoms with E-state index in [0.29, 0.717) is 5.69 Å². The zero-order valence-corrected chi connectivity index (χ0v) is 9.30. The smallest absolute Gasteiger partial charge is 0.387 e. The van der Waals surface area contributed by atoms with Gasteiger partial charge < -0.3 is 10.5 Å². The van der Waals surface area contributed by atoms with E-state index < -0.39 is 16.4 Å². The van der Waals surface area contributed by atoms with Crippen LogP contribution in [0.4, 0.5) is 14.5 Å². The van der Waals surface area contributed by atoms with Gasteiger partial charge in [0.1, 0.15) is 5.75 Å². The Hall–Kier alpha value is -1.37. The quantitative estimate of drug-likeness (QED) is 0.821. The number of anilines is 1. The number of benzene rings is 1. The number of rotatable bonds is 4. The Balaban J connectivity index is 3.08. The zero-order chi connectivity index (χ0) is 12.3. The molecule has 0 radical (unpaired) electrons. The molecule has 4 nitrogen and oxygen atoms in total. The lowest BCUT2D eigenvalue weighted by Crippen LogP contribution is -2.08. The molecule has 1 aromatic rings. The minimum Gasteiger partial charge on any atom is -0.435 e. The van der Waals surface area contributed by atoms with Crippen LogP contribution >= 0.6 is 0 Å². The van der Waals surface area contributed by atoms with Crippen molar-refractivity contribution in [2.75, 3.05) is 12.0 Å². The molecular weight excluding hydrogens is 240 g/mol. The molecule has 0 unspecified atom stereocenters. The Labute approximate surface area is 91.9 Å². The zero-order valence-electron chi connectivity index (χ0n) is 8.48. The third kappa shape index (κ3) is 4.01. The van der Waals surface area contributed by atoms with E-state index in [4.69, 9.17) is 5.73 Å². The van der Waals surface area contributed by atoms with Gasteiger partial charge in [0.05, 0.1) is 5.75 Å². The van der Waals surface area contributed by atoms with E-state index >= 15 is 0 Å². The average molecular weight is 251 g/mol. The summed E-state index contributed by atoms with van der Waals surface area (Å²) in [6.45, 7) is -3.00. The van der Waals surface area contributed by atoms with E-state index in [0.717, 1.165) is 6.26 Å². The van der Waals surface area contributed by atoms with Gasteiger partial charge in [-0.2, -0.15) is 8.78 Å². The third-order valence-corrected chi connectivity index (χ3v) is 2.55. The number of hydrogen-bond acceptors (Lipinski definition) is 4. The van der Waals surface area contributed by atoms with Crippen molar-refractivity contribution < 1.29 is 21.9 Å². The van der Waals surface area contributed by atoms with Gasteiger partial charge in [-0.3, -0.25) is 0 Å². The fourth-order valence-corrected chi connectivity index (χ4v) is 2.00. The average Bonchev–Trinajstić information content (AvgIpc) is 2.06. The normalized spacial score (nSPS) is 11.8. The fourth-order valence-electron chi connectivity index (χ4n) is 1.21. The molecule has 16 heavy (non-hydrogen) atoms. The second kappa shape index (κ2) is 4.65. The number of sulfone groups is 1. The molecule has 1 aromatic carbocycles. The monoisotopic (exact) mass is 251 g/mol. The number of nitrogen functional groups attached to an aromatic ring is 1. The van der Waals surface area contributed by atoms with Crippen molar-refractivity contribution in [1.29, 1.82) is 0 Å². The van der Waals surface area contributed by atoms with Crippen LogP contribution in [-0.2, 0) is 15.6 Å². The summed E-state index contributed by atoms with van der Waals surface area (Å²) in [5, 5.41) is 0. The largest absolute Gasteiger partial charge is 0.435 e. The summed E-state index contributed by atoms with van der Waals surface area (Å²) in [6.07, 6.45) is 1.00. The summed E-state index contributed by atoms with van der Waals surface area (Å²) >= 11 is 0. The molecule has 0 fully saturated rings. The van der Waals surface area contributed by atoms with Crippen molar-refractivity contribution in [2.45, 2.75) is 12.4 Å². The summed E-state index contributed by atoms with van der Waals surface area (Å²) in [5.41, 5.74) is 5.86. The lowest BCUT2D eigenvalue weighted by Gasteiger charge is -2.10. The van der Waals surface area contributed by atoms with Gasteiger partial charge in [0.25, 0.3) is 0 Å². The lowest BCUT2D eigenvalue weighted by molar-refractivity contribution is -0.0503. The van der Waals surface area contributed by atoms with Crippen LogP contribution in [-0.4, -0.2) is 21.3 Å². The lowest BCUT2D eigenvalue weighted by atomic mass is 10.2. The van der Waals surface area contributed by atoms with E-state index in [2.05, 4.69) is 4.74 Å². The Kier molecular flexibility index (Phi) is 3.69. The van der Waals surface area contributed by atoms with E-state index in [1.807, 2.05) is 0 Å². The van der Waals surface area contributed by atoms with Crippen LogP contribution in [0.1, 0.15) is 5.56 Å². The van der Waals surface area contributed by atoms with Crippen LogP contribution < -0.4 is 10.5 Å². The number of ether oxygens (including phenoxy) is 1. The summed E-state index contributed by atoms with van der Waals surface area (Å²) < 4.78 is 50.4. The van der Waals surface area contributed by atoms with E-state index in [9.17, 15) is 17.2 Å². The van der Waals surface area contributed by atoms with Crippen LogP contribution in [0.5, 0.6) is 5.75 Å². The van der Waals surface area contributed by atoms with Crippen molar-refractivity contribution in [1.82, 2.24) is 0 Å². The molecule has 0 amide bonds. The van der Waals surface area contributed by atoms with Crippen molar-refractivity contribution >= 4 is 15.5 Å². The standard InChI is InChI=1S/C9H11F2NO3S/c1-16(13,14)5-6-4-7(12)2-3-8(6)15-9(10)11/h2-4,9H,5,12H2,1H3. The van der Waals surface area contributed by atoms with Gasteiger partial charge in [0, 0.05) is 17.5 Å². The molecule has 0 spiro atoms. The predicted molar refractivity (Wildman–Crippen MR) is 56.0 cm³/mol. The Morgan fingerprint density at radius 3 is 2.56 bits per heavy atom. The fraction of sp³-hybridized carbons (Fsp3) is 0.333. The van der Waals surface area contributed by atoms with Crippen molar-refractivity contribution in [2.24, 2.45) is 0 Å². The summed E-state index contributed by atoms with van der Waals surface area (Å²) in [5.74, 6) is -0.560. The second-order valence-electron chi connectivity index (χ2n) is 3.32. The number of nitrogens with two attached hydrogens (primary N) is 1. The first-order valence-corrected chi connectivity index (χ1v) is 6.35. The highest BCUT2D eigenvalue weighted by Gasteiger charge is 2.14. The van der Waals surface area contributed by atoms with Gasteiger partial charge in [0.15, 0.2) is 9.84 Å². The van der Waals surface area contributed by atoms with Gasteiger partial charge in [-0.05, 0) is 18.2 Å². The summed E-state index contributed by atoms with van der Waals surface area (Å²) in [6, 6.07) is 3.89. The molecule has 0 aliphatic carbocycles. The highest BCUT2D eigenvalue weighted by atomic mass is 32.2. The van der Waals surface area contributed by atoms with E-state index in [-0.39, 0.29) is 17.1 Å². The van der Waals surface area contributed by atoms with E-state index in [1.165, 1.54) is 18.2 Å². The van der Waals surface area contributed by atoms with Gasteiger partial charge >= 0.3 is 6.61 Å². The summed E-state index contributed by atoms with van der Waals surface area (Å²) in [4.78, 5) is 0. The minimum atomic E-state index is -3.33. The van der Waals surface area contributed by atoms with E-state index in [1.54, 1.807) is 0 Å². The number of hydrogen-bond donors (Lipinski definition) is 1. The molecular formula is C9H11F2NO3S. The summed E-state index contributed by atoms with van der Waals surface area (Å²) in [7, 11) is -3.33. The second-order valence-corrected chi connectivity index (χ2v) is 5.46. The molecule has 2 N–H and O–H groups in total. The Morgan fingerprint density at radius 2 is 2.06 bits per heavy atom. The molecule has 0 aromatic heterocycles. The SMILES string of the molecule is CS(=O)(=O)Cc1cc(N)ccc1OC(F)F. The molecule has 0 saturated heterocycles. The maximum absolute atomic E-state index is 12.0. The minimum absolute atomic E-state index is 0.128. The molecule has 7 heteroatoms. The molecule has 0 bridgehead atoms. The first-order chi connectivity index (χ1) is 7.28. The van der Waals surface area contributed by atoms with Crippen LogP contribution in [0, 0.1) is 0 Å². The molecule has 0 aliphatic rings. The van der Waals surface area contributed by atoms with Crippen LogP contribution in [0.3, 0.4) is 0 Å². The third-order valence-electron chi connectivity index (χ3n) is 1.72. The number of alkyl halides is 2. The maximum atomic E-state index is 12.0. The number of halogens is 2. The van der Waals surface area contributed by atoms with Gasteiger partial charge in [-0.15, -0.1) is 0 Å². The first-order valence-electron chi connectivity index (χ1n) is 4.29. The first kappa shape index (κ1) is 12.7. The highest BCUT2D eigenvalue weighted by Crippen LogP contribution is 2.24. The highest BCUT2D eigenvalue weighted by molar-refractivity contribution is 7.89. The molecule has 0 saturated carbocycles. The van der Waals surface area contributed by atoms with Gasteiger partial charge in [0.2, 0.25) is 0 Å². The van der Waals surface area contributed by atoms with Crippen molar-refractivity contribution in [3.8, 4) is 5.75 Å². The molecule has 0 atom stereocenters. The van der Waals surface area contributed by atoms with Crippen molar-refractivity contribution in [3.63, 3.8) is 0 Å². The Morgan fingerprint density at radius 1 is 1.44 bits per heavy atom. The van der Waals surface area contributed by atoms with Crippen LogP contribution in [0.2, 0.25) is 0 Å². The van der Waals surface area contributed by atoms with Crippen molar-refractivity contribution in [3.05, 3.63) is 23.8 Å². The van der Waals surface area contributed by atoms with Gasteiger partial charge in [-0.1, -0.05) is 0 Å². The molecule has 1 rings (SSSR count). The molecule has 0 aliphatic heterocycles. The van der Waals surface area contributed by atoms with Crippen LogP contribution in [0.25, 0.3) is 0 Å².